The molecule has 1 amide bonds. The summed E-state index contributed by atoms with van der Waals surface area (Å²) < 4.78 is 6.02. The summed E-state index contributed by atoms with van der Waals surface area (Å²) in [5.41, 5.74) is 0.682. The third-order valence-corrected chi connectivity index (χ3v) is 3.92. The second-order valence-corrected chi connectivity index (χ2v) is 6.04. The molecule has 1 saturated carbocycles. The van der Waals surface area contributed by atoms with Crippen LogP contribution in [0.3, 0.4) is 0 Å². The molecule has 20 heavy (non-hydrogen) atoms. The van der Waals surface area contributed by atoms with Crippen molar-refractivity contribution in [3.63, 3.8) is 0 Å². The summed E-state index contributed by atoms with van der Waals surface area (Å²) in [5, 5.41) is 0. The Bertz CT molecular complexity index is 482. The lowest BCUT2D eigenvalue weighted by molar-refractivity contribution is -0.143. The highest BCUT2D eigenvalue weighted by molar-refractivity contribution is 14.1. The molecule has 0 heterocycles. The molecule has 0 radical (unpaired) electrons. The van der Waals surface area contributed by atoms with Crippen LogP contribution in [0, 0.1) is 3.57 Å². The molecule has 4 nitrogen and oxygen atoms in total. The average Bonchev–Trinajstić information content (AvgIpc) is 3.24. The Labute approximate surface area is 132 Å². The van der Waals surface area contributed by atoms with Crippen molar-refractivity contribution >= 4 is 34.5 Å². The van der Waals surface area contributed by atoms with Gasteiger partial charge in [0, 0.05) is 21.7 Å². The third-order valence-electron chi connectivity index (χ3n) is 3.20. The Kier molecular flexibility index (Phi) is 5.39. The molecule has 1 aromatic carbocycles. The van der Waals surface area contributed by atoms with E-state index in [4.69, 9.17) is 4.74 Å². The lowest BCUT2D eigenvalue weighted by atomic mass is 10.2. The Morgan fingerprint density at radius 3 is 2.50 bits per heavy atom. The van der Waals surface area contributed by atoms with Gasteiger partial charge < -0.3 is 9.64 Å². The number of amides is 1. The molecular formula is C15H18INO3. The molecule has 1 aliphatic carbocycles. The average molecular weight is 387 g/mol. The van der Waals surface area contributed by atoms with Crippen molar-refractivity contribution in [3.8, 4) is 0 Å². The molecule has 2 rings (SSSR count). The molecule has 0 aliphatic heterocycles. The van der Waals surface area contributed by atoms with Gasteiger partial charge in [-0.25, -0.2) is 0 Å². The van der Waals surface area contributed by atoms with E-state index < -0.39 is 0 Å². The normalized spacial score (nSPS) is 13.9. The van der Waals surface area contributed by atoms with E-state index >= 15 is 0 Å². The Balaban J connectivity index is 1.99. The first-order valence-corrected chi connectivity index (χ1v) is 7.92. The van der Waals surface area contributed by atoms with Crippen LogP contribution in [0.1, 0.15) is 36.5 Å². The first-order valence-electron chi connectivity index (χ1n) is 6.84. The molecule has 0 spiro atoms. The van der Waals surface area contributed by atoms with E-state index in [1.165, 1.54) is 0 Å². The molecule has 108 valence electrons. The number of hydrogen-bond acceptors (Lipinski definition) is 3. The predicted octanol–water partition coefficient (Wildman–Crippen LogP) is 2.85. The first-order chi connectivity index (χ1) is 9.61. The van der Waals surface area contributed by atoms with E-state index in [0.717, 1.165) is 16.4 Å². The Morgan fingerprint density at radius 2 is 1.95 bits per heavy atom. The number of carbonyl (C=O) groups is 2. The molecule has 0 N–H and O–H groups in total. The van der Waals surface area contributed by atoms with Gasteiger partial charge in [0.25, 0.3) is 5.91 Å². The number of esters is 1. The number of carbonyl (C=O) groups excluding carboxylic acids is 2. The van der Waals surface area contributed by atoms with Crippen molar-refractivity contribution < 1.29 is 14.3 Å². The molecule has 0 unspecified atom stereocenters. The van der Waals surface area contributed by atoms with Gasteiger partial charge in [-0.2, -0.15) is 0 Å². The maximum Gasteiger partial charge on any atom is 0.307 e. The van der Waals surface area contributed by atoms with Gasteiger partial charge in [-0.05, 0) is 66.6 Å². The summed E-state index contributed by atoms with van der Waals surface area (Å²) in [6.07, 6.45) is 2.32. The molecule has 0 saturated heterocycles. The third kappa shape index (κ3) is 4.19. The van der Waals surface area contributed by atoms with Crippen LogP contribution in [0.2, 0.25) is 0 Å². The Morgan fingerprint density at radius 1 is 1.30 bits per heavy atom. The molecule has 0 bridgehead atoms. The lowest BCUT2D eigenvalue weighted by Crippen LogP contribution is -2.35. The standard InChI is InChI=1S/C15H18INO3/c1-2-20-14(18)9-10-17(13-7-8-13)15(19)11-3-5-12(16)6-4-11/h3-6,13H,2,7-10H2,1H3. The van der Waals surface area contributed by atoms with Crippen molar-refractivity contribution in [2.45, 2.75) is 32.2 Å². The van der Waals surface area contributed by atoms with E-state index in [-0.39, 0.29) is 24.3 Å². The molecule has 5 heteroatoms. The van der Waals surface area contributed by atoms with E-state index in [1.54, 1.807) is 11.8 Å². The van der Waals surface area contributed by atoms with Gasteiger partial charge in [-0.15, -0.1) is 0 Å². The number of nitrogens with zero attached hydrogens (tertiary/aromatic N) is 1. The second-order valence-electron chi connectivity index (χ2n) is 4.79. The summed E-state index contributed by atoms with van der Waals surface area (Å²) in [5.74, 6) is -0.234. The summed E-state index contributed by atoms with van der Waals surface area (Å²) in [4.78, 5) is 25.7. The minimum atomic E-state index is -0.242. The summed E-state index contributed by atoms with van der Waals surface area (Å²) in [6.45, 7) is 2.61. The number of benzene rings is 1. The van der Waals surface area contributed by atoms with Crippen LogP contribution in [0.15, 0.2) is 24.3 Å². The molecular weight excluding hydrogens is 369 g/mol. The monoisotopic (exact) mass is 387 g/mol. The minimum Gasteiger partial charge on any atom is -0.466 e. The van der Waals surface area contributed by atoms with Gasteiger partial charge >= 0.3 is 5.97 Å². The zero-order chi connectivity index (χ0) is 14.5. The first kappa shape index (κ1) is 15.3. The number of ether oxygens (including phenoxy) is 1. The van der Waals surface area contributed by atoms with Crippen molar-refractivity contribution in [1.29, 1.82) is 0 Å². The van der Waals surface area contributed by atoms with E-state index in [2.05, 4.69) is 22.6 Å². The van der Waals surface area contributed by atoms with Crippen LogP contribution < -0.4 is 0 Å². The van der Waals surface area contributed by atoms with Gasteiger partial charge in [-0.1, -0.05) is 0 Å². The van der Waals surface area contributed by atoms with Crippen LogP contribution in [0.5, 0.6) is 0 Å². The zero-order valence-corrected chi connectivity index (χ0v) is 13.6. The van der Waals surface area contributed by atoms with Crippen molar-refractivity contribution in [2.75, 3.05) is 13.2 Å². The molecule has 0 aromatic heterocycles. The van der Waals surface area contributed by atoms with Crippen LogP contribution in [0.4, 0.5) is 0 Å². The minimum absolute atomic E-state index is 0.00759. The molecule has 0 atom stereocenters. The largest absolute Gasteiger partial charge is 0.466 e. The quantitative estimate of drug-likeness (QED) is 0.557. The summed E-state index contributed by atoms with van der Waals surface area (Å²) in [7, 11) is 0. The fourth-order valence-electron chi connectivity index (χ4n) is 2.04. The Hall–Kier alpha value is -1.11. The maximum atomic E-state index is 12.5. The van der Waals surface area contributed by atoms with Gasteiger partial charge in [-0.3, -0.25) is 9.59 Å². The number of rotatable bonds is 6. The van der Waals surface area contributed by atoms with Crippen LogP contribution in [-0.4, -0.2) is 36.0 Å². The smallest absolute Gasteiger partial charge is 0.307 e. The highest BCUT2D eigenvalue weighted by atomic mass is 127. The zero-order valence-electron chi connectivity index (χ0n) is 11.5. The lowest BCUT2D eigenvalue weighted by Gasteiger charge is -2.22. The van der Waals surface area contributed by atoms with Gasteiger partial charge in [0.1, 0.15) is 0 Å². The highest BCUT2D eigenvalue weighted by Gasteiger charge is 2.33. The molecule has 1 aromatic rings. The van der Waals surface area contributed by atoms with Crippen molar-refractivity contribution in [2.24, 2.45) is 0 Å². The fraction of sp³-hybridized carbons (Fsp3) is 0.467. The van der Waals surface area contributed by atoms with E-state index in [9.17, 15) is 9.59 Å². The van der Waals surface area contributed by atoms with Crippen LogP contribution >= 0.6 is 22.6 Å². The fourth-order valence-corrected chi connectivity index (χ4v) is 2.40. The topological polar surface area (TPSA) is 46.6 Å². The predicted molar refractivity (Wildman–Crippen MR) is 84.5 cm³/mol. The second kappa shape index (κ2) is 7.06. The van der Waals surface area contributed by atoms with Gasteiger partial charge in [0.2, 0.25) is 0 Å². The molecule has 1 fully saturated rings. The van der Waals surface area contributed by atoms with Crippen LogP contribution in [-0.2, 0) is 9.53 Å². The summed E-state index contributed by atoms with van der Waals surface area (Å²) in [6, 6.07) is 7.80. The van der Waals surface area contributed by atoms with Gasteiger partial charge in [0.05, 0.1) is 13.0 Å². The number of hydrogen-bond donors (Lipinski definition) is 0. The molecule has 1 aliphatic rings. The SMILES string of the molecule is CCOC(=O)CCN(C(=O)c1ccc(I)cc1)C1CC1. The van der Waals surface area contributed by atoms with E-state index in [1.807, 2.05) is 24.3 Å². The van der Waals surface area contributed by atoms with Gasteiger partial charge in [0.15, 0.2) is 0 Å². The number of halogens is 1. The highest BCUT2D eigenvalue weighted by Crippen LogP contribution is 2.28. The summed E-state index contributed by atoms with van der Waals surface area (Å²) >= 11 is 2.21. The van der Waals surface area contributed by atoms with Crippen LogP contribution in [0.25, 0.3) is 0 Å². The van der Waals surface area contributed by atoms with Crippen molar-refractivity contribution in [1.82, 2.24) is 4.90 Å². The van der Waals surface area contributed by atoms with Crippen molar-refractivity contribution in [3.05, 3.63) is 33.4 Å². The maximum absolute atomic E-state index is 12.5. The van der Waals surface area contributed by atoms with E-state index in [0.29, 0.717) is 18.7 Å².